The lowest BCUT2D eigenvalue weighted by Gasteiger charge is -2.09. The fourth-order valence-electron chi connectivity index (χ4n) is 4.31. The highest BCUT2D eigenvalue weighted by molar-refractivity contribution is 6.10. The second-order valence-electron chi connectivity index (χ2n) is 8.19. The molecule has 5 aromatic rings. The number of rotatable bonds is 3. The molecule has 2 aromatic heterocycles. The van der Waals surface area contributed by atoms with Crippen molar-refractivity contribution in [1.29, 1.82) is 0 Å². The number of nitrogens with zero attached hydrogens (tertiary/aromatic N) is 1. The van der Waals surface area contributed by atoms with E-state index in [0.29, 0.717) is 0 Å². The van der Waals surface area contributed by atoms with E-state index in [-0.39, 0.29) is 0 Å². The smallest absolute Gasteiger partial charge is 0.144 e. The number of aromatic nitrogens is 1. The minimum atomic E-state index is -0.681. The van der Waals surface area contributed by atoms with Gasteiger partial charge in [0.2, 0.25) is 0 Å². The third-order valence-corrected chi connectivity index (χ3v) is 5.88. The number of benzene rings is 3. The molecule has 0 spiro atoms. The average Bonchev–Trinajstić information content (AvgIpc) is 3.11. The fraction of sp³-hybridized carbons (Fsp3) is 0.179. The first-order chi connectivity index (χ1) is 14.8. The summed E-state index contributed by atoms with van der Waals surface area (Å²) in [6.45, 7) is 8.08. The maximum absolute atomic E-state index is 8.37. The number of hydrogen-bond acceptors (Lipinski definition) is 2. The molecule has 2 nitrogen and oxygen atoms in total. The maximum Gasteiger partial charge on any atom is 0.144 e. The van der Waals surface area contributed by atoms with Gasteiger partial charge in [0, 0.05) is 23.9 Å². The zero-order valence-corrected chi connectivity index (χ0v) is 17.8. The Kier molecular flexibility index (Phi) is 4.16. The summed E-state index contributed by atoms with van der Waals surface area (Å²) in [6, 6.07) is 23.0. The van der Waals surface area contributed by atoms with E-state index in [0.717, 1.165) is 38.8 Å². The van der Waals surface area contributed by atoms with E-state index in [4.69, 9.17) is 5.79 Å². The van der Waals surface area contributed by atoms with E-state index in [1.165, 1.54) is 22.3 Å². The van der Waals surface area contributed by atoms with Crippen molar-refractivity contribution in [1.82, 2.24) is 4.98 Å². The molecule has 0 atom stereocenters. The zero-order valence-electron chi connectivity index (χ0n) is 18.8. The van der Waals surface area contributed by atoms with Crippen LogP contribution in [0.25, 0.3) is 44.3 Å². The van der Waals surface area contributed by atoms with Gasteiger partial charge in [0.1, 0.15) is 11.2 Å². The molecule has 0 aliphatic rings. The Morgan fingerprint density at radius 1 is 0.867 bits per heavy atom. The summed E-state index contributed by atoms with van der Waals surface area (Å²) >= 11 is 0. The first-order valence-corrected chi connectivity index (χ1v) is 10.3. The highest BCUT2D eigenvalue weighted by Gasteiger charge is 2.15. The van der Waals surface area contributed by atoms with E-state index in [9.17, 15) is 0 Å². The SMILES string of the molecule is [2H]C(C)(C)c1ccnc(-c2cccc3c2oc2cc(-c4c(C)cccc4C)ccc23)c1. The second kappa shape index (κ2) is 7.14. The quantitative estimate of drug-likeness (QED) is 0.310. The Labute approximate surface area is 178 Å². The molecule has 30 heavy (non-hydrogen) atoms. The van der Waals surface area contributed by atoms with Gasteiger partial charge in [0.15, 0.2) is 0 Å². The van der Waals surface area contributed by atoms with Crippen molar-refractivity contribution < 1.29 is 5.79 Å². The van der Waals surface area contributed by atoms with Gasteiger partial charge in [0.25, 0.3) is 0 Å². The molecular weight excluding hydrogens is 366 g/mol. The monoisotopic (exact) mass is 392 g/mol. The molecule has 0 N–H and O–H groups in total. The van der Waals surface area contributed by atoms with Crippen molar-refractivity contribution in [2.45, 2.75) is 33.6 Å². The molecule has 0 unspecified atom stereocenters. The molecule has 2 heterocycles. The van der Waals surface area contributed by atoms with Crippen LogP contribution in [0.3, 0.4) is 0 Å². The standard InChI is InChI=1S/C28H25NO/c1-17(2)20-13-14-29-25(15-20)24-10-6-9-23-22-12-11-21(16-26(22)30-28(23)24)27-18(3)7-5-8-19(27)4/h5-17H,1-4H3/i17D. The van der Waals surface area contributed by atoms with E-state index in [1.807, 2.05) is 38.1 Å². The first-order valence-electron chi connectivity index (χ1n) is 10.8. The van der Waals surface area contributed by atoms with Crippen LogP contribution in [0.5, 0.6) is 0 Å². The maximum atomic E-state index is 8.37. The van der Waals surface area contributed by atoms with Crippen LogP contribution >= 0.6 is 0 Å². The van der Waals surface area contributed by atoms with Gasteiger partial charge in [-0.1, -0.05) is 50.2 Å². The van der Waals surface area contributed by atoms with E-state index < -0.39 is 5.89 Å². The van der Waals surface area contributed by atoms with Crippen molar-refractivity contribution >= 4 is 21.9 Å². The molecule has 0 saturated carbocycles. The average molecular weight is 393 g/mol. The van der Waals surface area contributed by atoms with Crippen LogP contribution < -0.4 is 0 Å². The van der Waals surface area contributed by atoms with Gasteiger partial charge in [-0.25, -0.2) is 0 Å². The minimum absolute atomic E-state index is 0.681. The van der Waals surface area contributed by atoms with Crippen molar-refractivity contribution in [3.8, 4) is 22.4 Å². The molecule has 0 saturated heterocycles. The molecule has 0 amide bonds. The molecule has 3 aromatic carbocycles. The van der Waals surface area contributed by atoms with Gasteiger partial charge in [-0.3, -0.25) is 4.98 Å². The third-order valence-electron chi connectivity index (χ3n) is 5.88. The highest BCUT2D eigenvalue weighted by Crippen LogP contribution is 2.38. The number of hydrogen-bond donors (Lipinski definition) is 0. The van der Waals surface area contributed by atoms with Crippen LogP contribution in [0.2, 0.25) is 0 Å². The van der Waals surface area contributed by atoms with Crippen molar-refractivity contribution in [2.24, 2.45) is 0 Å². The van der Waals surface area contributed by atoms with E-state index in [1.54, 1.807) is 6.20 Å². The Bertz CT molecular complexity index is 1420. The molecule has 0 bridgehead atoms. The summed E-state index contributed by atoms with van der Waals surface area (Å²) in [5.74, 6) is -0.681. The number of furan rings is 1. The lowest BCUT2D eigenvalue weighted by atomic mass is 9.95. The first kappa shape index (κ1) is 17.5. The summed E-state index contributed by atoms with van der Waals surface area (Å²) < 4.78 is 14.8. The van der Waals surface area contributed by atoms with E-state index >= 15 is 0 Å². The fourth-order valence-corrected chi connectivity index (χ4v) is 4.31. The normalized spacial score (nSPS) is 12.5. The zero-order chi connectivity index (χ0) is 21.8. The summed E-state index contributed by atoms with van der Waals surface area (Å²) in [5, 5.41) is 2.18. The summed E-state index contributed by atoms with van der Waals surface area (Å²) in [4.78, 5) is 4.59. The Morgan fingerprint density at radius 2 is 1.63 bits per heavy atom. The van der Waals surface area contributed by atoms with Gasteiger partial charge < -0.3 is 4.42 Å². The van der Waals surface area contributed by atoms with E-state index in [2.05, 4.69) is 61.3 Å². The summed E-state index contributed by atoms with van der Waals surface area (Å²) in [6.07, 6.45) is 1.78. The number of pyridine rings is 1. The summed E-state index contributed by atoms with van der Waals surface area (Å²) in [5.41, 5.74) is 9.37. The minimum Gasteiger partial charge on any atom is -0.455 e. The third kappa shape index (κ3) is 3.00. The van der Waals surface area contributed by atoms with Crippen LogP contribution in [0.4, 0.5) is 0 Å². The molecule has 2 heteroatoms. The second-order valence-corrected chi connectivity index (χ2v) is 8.19. The Balaban J connectivity index is 1.71. The van der Waals surface area contributed by atoms with Gasteiger partial charge >= 0.3 is 0 Å². The number of para-hydroxylation sites is 1. The highest BCUT2D eigenvalue weighted by atomic mass is 16.3. The van der Waals surface area contributed by atoms with Crippen LogP contribution in [-0.4, -0.2) is 4.98 Å². The predicted molar refractivity (Wildman–Crippen MR) is 126 cm³/mol. The topological polar surface area (TPSA) is 26.0 Å². The predicted octanol–water partition coefficient (Wildman–Crippen LogP) is 8.06. The molecule has 5 rings (SSSR count). The lowest BCUT2D eigenvalue weighted by Crippen LogP contribution is -1.90. The molecule has 148 valence electrons. The van der Waals surface area contributed by atoms with Gasteiger partial charge in [-0.05, 0) is 77.9 Å². The Morgan fingerprint density at radius 3 is 2.40 bits per heavy atom. The van der Waals surface area contributed by atoms with Crippen LogP contribution in [0, 0.1) is 13.8 Å². The van der Waals surface area contributed by atoms with Crippen LogP contribution in [0.1, 0.15) is 37.8 Å². The molecule has 0 aliphatic heterocycles. The van der Waals surface area contributed by atoms with Crippen LogP contribution in [0.15, 0.2) is 77.3 Å². The molecule has 0 radical (unpaired) electrons. The van der Waals surface area contributed by atoms with Crippen LogP contribution in [-0.2, 0) is 0 Å². The van der Waals surface area contributed by atoms with Crippen molar-refractivity contribution in [2.75, 3.05) is 0 Å². The van der Waals surface area contributed by atoms with Gasteiger partial charge in [-0.2, -0.15) is 0 Å². The molecular formula is C28H25NO. The Hall–Kier alpha value is -3.39. The molecule has 0 aliphatic carbocycles. The van der Waals surface area contributed by atoms with Crippen molar-refractivity contribution in [3.63, 3.8) is 0 Å². The van der Waals surface area contributed by atoms with Gasteiger partial charge in [-0.15, -0.1) is 0 Å². The largest absolute Gasteiger partial charge is 0.455 e. The molecule has 0 fully saturated rings. The lowest BCUT2D eigenvalue weighted by molar-refractivity contribution is 0.670. The summed E-state index contributed by atoms with van der Waals surface area (Å²) in [7, 11) is 0. The number of aryl methyl sites for hydroxylation is 2. The van der Waals surface area contributed by atoms with Crippen molar-refractivity contribution in [3.05, 3.63) is 89.6 Å². The van der Waals surface area contributed by atoms with Gasteiger partial charge in [0.05, 0.1) is 5.69 Å². The number of fused-ring (bicyclic) bond motifs is 3.